The monoisotopic (exact) mass is 333 g/mol. The molecule has 0 saturated heterocycles. The Labute approximate surface area is 143 Å². The zero-order chi connectivity index (χ0) is 16.5. The number of rotatable bonds is 9. The highest BCUT2D eigenvalue weighted by molar-refractivity contribution is 6.30. The molecular weight excluding hydrogens is 310 g/mol. The van der Waals surface area contributed by atoms with Crippen LogP contribution in [0.2, 0.25) is 5.02 Å². The standard InChI is InChI=1S/C19H24ClNO2/c1-2-12-21(13-16-6-4-3-5-7-16)14-18(22)15-23-19-10-8-17(20)9-11-19/h3-11,18,22H,2,12-15H2,1H3. The van der Waals surface area contributed by atoms with E-state index < -0.39 is 6.10 Å². The highest BCUT2D eigenvalue weighted by atomic mass is 35.5. The van der Waals surface area contributed by atoms with E-state index in [4.69, 9.17) is 16.3 Å². The average molecular weight is 334 g/mol. The Morgan fingerprint density at radius 1 is 1.09 bits per heavy atom. The van der Waals surface area contributed by atoms with Crippen molar-refractivity contribution in [2.45, 2.75) is 26.0 Å². The minimum absolute atomic E-state index is 0.274. The lowest BCUT2D eigenvalue weighted by Crippen LogP contribution is -2.35. The lowest BCUT2D eigenvalue weighted by atomic mass is 10.2. The van der Waals surface area contributed by atoms with Gasteiger partial charge in [-0.3, -0.25) is 4.90 Å². The first-order valence-electron chi connectivity index (χ1n) is 8.00. The topological polar surface area (TPSA) is 32.7 Å². The maximum atomic E-state index is 10.2. The van der Waals surface area contributed by atoms with Crippen molar-refractivity contribution >= 4 is 11.6 Å². The minimum Gasteiger partial charge on any atom is -0.491 e. The van der Waals surface area contributed by atoms with Gasteiger partial charge in [-0.2, -0.15) is 0 Å². The summed E-state index contributed by atoms with van der Waals surface area (Å²) in [6.07, 6.45) is 0.526. The van der Waals surface area contributed by atoms with E-state index in [1.165, 1.54) is 5.56 Å². The molecule has 4 heteroatoms. The molecule has 0 bridgehead atoms. The van der Waals surface area contributed by atoms with Crippen LogP contribution in [0.15, 0.2) is 54.6 Å². The molecule has 2 rings (SSSR count). The fraction of sp³-hybridized carbons (Fsp3) is 0.368. The summed E-state index contributed by atoms with van der Waals surface area (Å²) in [6.45, 7) is 4.81. The van der Waals surface area contributed by atoms with E-state index in [2.05, 4.69) is 24.0 Å². The van der Waals surface area contributed by atoms with Gasteiger partial charge in [-0.15, -0.1) is 0 Å². The van der Waals surface area contributed by atoms with Crippen LogP contribution in [0.5, 0.6) is 5.75 Å². The summed E-state index contributed by atoms with van der Waals surface area (Å²) >= 11 is 5.84. The number of nitrogens with zero attached hydrogens (tertiary/aromatic N) is 1. The van der Waals surface area contributed by atoms with Gasteiger partial charge in [0.2, 0.25) is 0 Å². The van der Waals surface area contributed by atoms with E-state index in [-0.39, 0.29) is 6.61 Å². The van der Waals surface area contributed by atoms with Gasteiger partial charge in [-0.1, -0.05) is 48.9 Å². The third kappa shape index (κ3) is 6.61. The van der Waals surface area contributed by atoms with Gasteiger partial charge in [0, 0.05) is 18.1 Å². The third-order valence-electron chi connectivity index (χ3n) is 3.51. The fourth-order valence-corrected chi connectivity index (χ4v) is 2.59. The average Bonchev–Trinajstić information content (AvgIpc) is 2.55. The number of ether oxygens (including phenoxy) is 1. The largest absolute Gasteiger partial charge is 0.491 e. The van der Waals surface area contributed by atoms with Gasteiger partial charge in [0.1, 0.15) is 18.5 Å². The molecule has 3 nitrogen and oxygen atoms in total. The van der Waals surface area contributed by atoms with Crippen LogP contribution in [0.4, 0.5) is 0 Å². The molecular formula is C19H24ClNO2. The Morgan fingerprint density at radius 3 is 2.43 bits per heavy atom. The molecule has 0 radical (unpaired) electrons. The molecule has 2 aromatic rings. The molecule has 0 aliphatic heterocycles. The highest BCUT2D eigenvalue weighted by Crippen LogP contribution is 2.16. The molecule has 0 fully saturated rings. The Morgan fingerprint density at radius 2 is 1.78 bits per heavy atom. The first-order chi connectivity index (χ1) is 11.2. The number of halogens is 1. The van der Waals surface area contributed by atoms with Crippen molar-refractivity contribution in [3.05, 3.63) is 65.2 Å². The molecule has 1 atom stereocenters. The quantitative estimate of drug-likeness (QED) is 0.753. The van der Waals surface area contributed by atoms with Crippen LogP contribution in [0.1, 0.15) is 18.9 Å². The Hall–Kier alpha value is -1.55. The highest BCUT2D eigenvalue weighted by Gasteiger charge is 2.12. The van der Waals surface area contributed by atoms with Crippen LogP contribution in [0.25, 0.3) is 0 Å². The lowest BCUT2D eigenvalue weighted by Gasteiger charge is -2.24. The van der Waals surface area contributed by atoms with Crippen molar-refractivity contribution in [2.24, 2.45) is 0 Å². The Bertz CT molecular complexity index is 559. The summed E-state index contributed by atoms with van der Waals surface area (Å²) < 4.78 is 5.62. The SMILES string of the molecule is CCCN(Cc1ccccc1)CC(O)COc1ccc(Cl)cc1. The summed E-state index contributed by atoms with van der Waals surface area (Å²) in [5, 5.41) is 10.9. The first-order valence-corrected chi connectivity index (χ1v) is 8.38. The molecule has 2 aromatic carbocycles. The van der Waals surface area contributed by atoms with Crippen LogP contribution in [0.3, 0.4) is 0 Å². The van der Waals surface area contributed by atoms with Crippen molar-refractivity contribution < 1.29 is 9.84 Å². The van der Waals surface area contributed by atoms with Crippen molar-refractivity contribution in [2.75, 3.05) is 19.7 Å². The van der Waals surface area contributed by atoms with E-state index in [9.17, 15) is 5.11 Å². The maximum absolute atomic E-state index is 10.2. The normalized spacial score (nSPS) is 12.3. The predicted octanol–water partition coefficient (Wildman–Crippen LogP) is 3.99. The second kappa shape index (κ2) is 9.56. The van der Waals surface area contributed by atoms with Crippen molar-refractivity contribution in [3.8, 4) is 5.75 Å². The van der Waals surface area contributed by atoms with Crippen LogP contribution in [0, 0.1) is 0 Å². The Balaban J connectivity index is 1.82. The number of aliphatic hydroxyl groups excluding tert-OH is 1. The first kappa shape index (κ1) is 17.8. The smallest absolute Gasteiger partial charge is 0.119 e. The van der Waals surface area contributed by atoms with Crippen molar-refractivity contribution in [1.82, 2.24) is 4.90 Å². The van der Waals surface area contributed by atoms with Gasteiger partial charge in [0.25, 0.3) is 0 Å². The van der Waals surface area contributed by atoms with Crippen LogP contribution >= 0.6 is 11.6 Å². The molecule has 124 valence electrons. The summed E-state index contributed by atoms with van der Waals surface area (Å²) in [7, 11) is 0. The molecule has 1 N–H and O–H groups in total. The van der Waals surface area contributed by atoms with Gasteiger partial charge in [-0.25, -0.2) is 0 Å². The summed E-state index contributed by atoms with van der Waals surface area (Å²) in [4.78, 5) is 2.26. The zero-order valence-electron chi connectivity index (χ0n) is 13.5. The molecule has 0 aromatic heterocycles. The summed E-state index contributed by atoms with van der Waals surface area (Å²) in [5.41, 5.74) is 1.26. The van der Waals surface area contributed by atoms with E-state index >= 15 is 0 Å². The fourth-order valence-electron chi connectivity index (χ4n) is 2.47. The van der Waals surface area contributed by atoms with E-state index in [0.717, 1.165) is 25.3 Å². The van der Waals surface area contributed by atoms with Gasteiger partial charge in [-0.05, 0) is 42.8 Å². The minimum atomic E-state index is -0.527. The van der Waals surface area contributed by atoms with Crippen molar-refractivity contribution in [1.29, 1.82) is 0 Å². The van der Waals surface area contributed by atoms with Gasteiger partial charge in [0.05, 0.1) is 0 Å². The second-order valence-corrected chi connectivity index (χ2v) is 6.08. The van der Waals surface area contributed by atoms with E-state index in [1.54, 1.807) is 12.1 Å². The molecule has 1 unspecified atom stereocenters. The maximum Gasteiger partial charge on any atom is 0.119 e. The molecule has 0 saturated carbocycles. The zero-order valence-corrected chi connectivity index (χ0v) is 14.2. The van der Waals surface area contributed by atoms with Crippen molar-refractivity contribution in [3.63, 3.8) is 0 Å². The third-order valence-corrected chi connectivity index (χ3v) is 3.77. The molecule has 0 aliphatic carbocycles. The molecule has 0 aliphatic rings. The number of hydrogen-bond donors (Lipinski definition) is 1. The van der Waals surface area contributed by atoms with E-state index in [0.29, 0.717) is 11.6 Å². The predicted molar refractivity (Wildman–Crippen MR) is 95.0 cm³/mol. The second-order valence-electron chi connectivity index (χ2n) is 5.64. The molecule has 0 amide bonds. The van der Waals surface area contributed by atoms with Crippen LogP contribution in [-0.2, 0) is 6.54 Å². The number of hydrogen-bond acceptors (Lipinski definition) is 3. The molecule has 23 heavy (non-hydrogen) atoms. The number of benzene rings is 2. The van der Waals surface area contributed by atoms with Gasteiger partial charge < -0.3 is 9.84 Å². The van der Waals surface area contributed by atoms with Gasteiger partial charge in [0.15, 0.2) is 0 Å². The Kier molecular flexibility index (Phi) is 7.40. The van der Waals surface area contributed by atoms with Crippen LogP contribution < -0.4 is 4.74 Å². The lowest BCUT2D eigenvalue weighted by molar-refractivity contribution is 0.0656. The summed E-state index contributed by atoms with van der Waals surface area (Å²) in [5.74, 6) is 0.721. The summed E-state index contributed by atoms with van der Waals surface area (Å²) in [6, 6.07) is 17.5. The van der Waals surface area contributed by atoms with Crippen LogP contribution in [-0.4, -0.2) is 35.8 Å². The molecule has 0 spiro atoms. The van der Waals surface area contributed by atoms with Gasteiger partial charge >= 0.3 is 0 Å². The molecule has 0 heterocycles. The number of aliphatic hydroxyl groups is 1. The van der Waals surface area contributed by atoms with E-state index in [1.807, 2.05) is 30.3 Å².